The van der Waals surface area contributed by atoms with E-state index in [0.717, 1.165) is 24.5 Å². The summed E-state index contributed by atoms with van der Waals surface area (Å²) in [4.78, 5) is 0. The topological polar surface area (TPSA) is 29.3 Å². The summed E-state index contributed by atoms with van der Waals surface area (Å²) in [5.74, 6) is 5.69. The van der Waals surface area contributed by atoms with E-state index in [1.54, 1.807) is 0 Å². The molecule has 1 heterocycles. The Hall–Kier alpha value is -0.570. The highest BCUT2D eigenvalue weighted by molar-refractivity contribution is 6.30. The zero-order valence-electron chi connectivity index (χ0n) is 6.76. The van der Waals surface area contributed by atoms with Crippen molar-refractivity contribution in [1.82, 2.24) is 5.01 Å². The van der Waals surface area contributed by atoms with Crippen LogP contribution in [0.25, 0.3) is 0 Å². The molecule has 3 heteroatoms. The molecule has 0 bridgehead atoms. The molecular formula is C9H11ClN2. The highest BCUT2D eigenvalue weighted by Crippen LogP contribution is 2.20. The van der Waals surface area contributed by atoms with Gasteiger partial charge in [-0.15, -0.1) is 0 Å². The van der Waals surface area contributed by atoms with Gasteiger partial charge in [0.05, 0.1) is 0 Å². The molecule has 0 aromatic heterocycles. The minimum Gasteiger partial charge on any atom is -0.268 e. The second kappa shape index (κ2) is 3.05. The van der Waals surface area contributed by atoms with Crippen molar-refractivity contribution in [1.29, 1.82) is 0 Å². The quantitative estimate of drug-likeness (QED) is 0.618. The minimum atomic E-state index is 0.819. The van der Waals surface area contributed by atoms with Crippen LogP contribution in [0.4, 0.5) is 0 Å². The van der Waals surface area contributed by atoms with E-state index < -0.39 is 0 Å². The van der Waals surface area contributed by atoms with E-state index >= 15 is 0 Å². The van der Waals surface area contributed by atoms with E-state index in [1.807, 2.05) is 17.1 Å². The van der Waals surface area contributed by atoms with Crippen molar-refractivity contribution < 1.29 is 0 Å². The van der Waals surface area contributed by atoms with Crippen molar-refractivity contribution in [3.8, 4) is 0 Å². The number of hydrogen-bond acceptors (Lipinski definition) is 2. The molecule has 0 atom stereocenters. The number of hydrogen-bond donors (Lipinski definition) is 1. The van der Waals surface area contributed by atoms with Gasteiger partial charge in [0, 0.05) is 18.1 Å². The predicted molar refractivity (Wildman–Crippen MR) is 49.8 cm³/mol. The molecule has 0 radical (unpaired) electrons. The van der Waals surface area contributed by atoms with Crippen molar-refractivity contribution in [2.75, 3.05) is 6.54 Å². The Morgan fingerprint density at radius 3 is 3.00 bits per heavy atom. The molecule has 2 N–H and O–H groups in total. The van der Waals surface area contributed by atoms with E-state index in [4.69, 9.17) is 17.4 Å². The van der Waals surface area contributed by atoms with Gasteiger partial charge in [-0.2, -0.15) is 0 Å². The minimum absolute atomic E-state index is 0.819. The van der Waals surface area contributed by atoms with E-state index in [1.165, 1.54) is 11.1 Å². The van der Waals surface area contributed by atoms with Gasteiger partial charge in [0.15, 0.2) is 0 Å². The maximum Gasteiger partial charge on any atom is 0.0408 e. The van der Waals surface area contributed by atoms with Crippen LogP contribution in [0.15, 0.2) is 18.2 Å². The van der Waals surface area contributed by atoms with Gasteiger partial charge in [0.25, 0.3) is 0 Å². The Kier molecular flexibility index (Phi) is 2.05. The Morgan fingerprint density at radius 1 is 1.33 bits per heavy atom. The van der Waals surface area contributed by atoms with Crippen LogP contribution in [0.2, 0.25) is 5.02 Å². The molecular weight excluding hydrogens is 172 g/mol. The molecule has 2 rings (SSSR count). The third kappa shape index (κ3) is 1.46. The molecule has 1 aliphatic rings. The Bertz CT molecular complexity index is 299. The number of nitrogens with two attached hydrogens (primary N) is 1. The predicted octanol–water partition coefficient (Wildman–Crippen LogP) is 1.57. The second-order valence-electron chi connectivity index (χ2n) is 3.13. The van der Waals surface area contributed by atoms with Crippen LogP contribution in [0, 0.1) is 0 Å². The lowest BCUT2D eigenvalue weighted by Crippen LogP contribution is -2.36. The van der Waals surface area contributed by atoms with Crippen LogP contribution >= 0.6 is 11.6 Å². The lowest BCUT2D eigenvalue weighted by Gasteiger charge is -2.24. The van der Waals surface area contributed by atoms with Crippen molar-refractivity contribution >= 4 is 11.6 Å². The van der Waals surface area contributed by atoms with Gasteiger partial charge in [0.2, 0.25) is 0 Å². The van der Waals surface area contributed by atoms with Crippen LogP contribution in [-0.4, -0.2) is 11.6 Å². The third-order valence-electron chi connectivity index (χ3n) is 2.21. The fraction of sp³-hybridized carbons (Fsp3) is 0.333. The first kappa shape index (κ1) is 8.05. The van der Waals surface area contributed by atoms with Gasteiger partial charge >= 0.3 is 0 Å². The van der Waals surface area contributed by atoms with Crippen molar-refractivity contribution in [2.45, 2.75) is 13.0 Å². The molecule has 1 aromatic carbocycles. The van der Waals surface area contributed by atoms with Crippen LogP contribution < -0.4 is 5.84 Å². The third-order valence-corrected chi connectivity index (χ3v) is 2.45. The van der Waals surface area contributed by atoms with Gasteiger partial charge in [0.1, 0.15) is 0 Å². The monoisotopic (exact) mass is 182 g/mol. The van der Waals surface area contributed by atoms with Gasteiger partial charge in [-0.3, -0.25) is 5.84 Å². The molecule has 12 heavy (non-hydrogen) atoms. The first-order chi connectivity index (χ1) is 5.75. The average Bonchev–Trinajstić information content (AvgIpc) is 2.05. The standard InChI is InChI=1S/C9H11ClN2/c10-9-2-1-8-6-12(11)4-3-7(8)5-9/h1-2,5H,3-4,6,11H2. The number of hydrazine groups is 1. The largest absolute Gasteiger partial charge is 0.268 e. The maximum absolute atomic E-state index is 5.87. The summed E-state index contributed by atoms with van der Waals surface area (Å²) in [6.45, 7) is 1.76. The van der Waals surface area contributed by atoms with Crippen LogP contribution in [0.3, 0.4) is 0 Å². The summed E-state index contributed by atoms with van der Waals surface area (Å²) < 4.78 is 0. The Labute approximate surface area is 76.9 Å². The van der Waals surface area contributed by atoms with E-state index in [0.29, 0.717) is 0 Å². The molecule has 0 saturated carbocycles. The van der Waals surface area contributed by atoms with Gasteiger partial charge in [-0.25, -0.2) is 5.01 Å². The van der Waals surface area contributed by atoms with Crippen LogP contribution in [-0.2, 0) is 13.0 Å². The lowest BCUT2D eigenvalue weighted by atomic mass is 10.0. The average molecular weight is 183 g/mol. The summed E-state index contributed by atoms with van der Waals surface area (Å²) in [5, 5.41) is 2.65. The first-order valence-corrected chi connectivity index (χ1v) is 4.40. The van der Waals surface area contributed by atoms with Crippen molar-refractivity contribution in [3.05, 3.63) is 34.3 Å². The fourth-order valence-electron chi connectivity index (χ4n) is 1.54. The van der Waals surface area contributed by atoms with E-state index in [2.05, 4.69) is 6.07 Å². The smallest absolute Gasteiger partial charge is 0.0408 e. The number of rotatable bonds is 0. The van der Waals surface area contributed by atoms with Crippen molar-refractivity contribution in [3.63, 3.8) is 0 Å². The van der Waals surface area contributed by atoms with E-state index in [9.17, 15) is 0 Å². The molecule has 1 aromatic rings. The van der Waals surface area contributed by atoms with Gasteiger partial charge in [-0.05, 0) is 29.7 Å². The molecule has 2 nitrogen and oxygen atoms in total. The number of halogens is 1. The summed E-state index contributed by atoms with van der Waals surface area (Å²) in [7, 11) is 0. The summed E-state index contributed by atoms with van der Waals surface area (Å²) in [6.07, 6.45) is 1.01. The SMILES string of the molecule is NN1CCc2cc(Cl)ccc2C1. The van der Waals surface area contributed by atoms with E-state index in [-0.39, 0.29) is 0 Å². The molecule has 0 saturated heterocycles. The van der Waals surface area contributed by atoms with Crippen molar-refractivity contribution in [2.24, 2.45) is 5.84 Å². The maximum atomic E-state index is 5.87. The van der Waals surface area contributed by atoms with Crippen LogP contribution in [0.5, 0.6) is 0 Å². The number of fused-ring (bicyclic) bond motifs is 1. The summed E-state index contributed by atoms with van der Waals surface area (Å²) >= 11 is 5.87. The number of nitrogens with zero attached hydrogens (tertiary/aromatic N) is 1. The Morgan fingerprint density at radius 2 is 2.17 bits per heavy atom. The highest BCUT2D eigenvalue weighted by atomic mass is 35.5. The Balaban J connectivity index is 2.37. The zero-order valence-corrected chi connectivity index (χ0v) is 7.51. The van der Waals surface area contributed by atoms with Crippen LogP contribution in [0.1, 0.15) is 11.1 Å². The highest BCUT2D eigenvalue weighted by Gasteiger charge is 2.12. The first-order valence-electron chi connectivity index (χ1n) is 4.02. The zero-order chi connectivity index (χ0) is 8.55. The number of benzene rings is 1. The molecule has 0 unspecified atom stereocenters. The van der Waals surface area contributed by atoms with Gasteiger partial charge in [-0.1, -0.05) is 17.7 Å². The fourth-order valence-corrected chi connectivity index (χ4v) is 1.74. The summed E-state index contributed by atoms with van der Waals surface area (Å²) in [6, 6.07) is 6.00. The lowest BCUT2D eigenvalue weighted by molar-refractivity contribution is 0.263. The van der Waals surface area contributed by atoms with Gasteiger partial charge < -0.3 is 0 Å². The molecule has 0 spiro atoms. The molecule has 0 fully saturated rings. The molecule has 64 valence electrons. The second-order valence-corrected chi connectivity index (χ2v) is 3.57. The molecule has 0 aliphatic carbocycles. The molecule has 1 aliphatic heterocycles. The summed E-state index contributed by atoms with van der Waals surface area (Å²) in [5.41, 5.74) is 2.64. The molecule has 0 amide bonds. The normalized spacial score (nSPS) is 17.5.